The standard InChI is InChI=1S/C9H14N2S/c1-5-3-7(5)9-11-4-8(12-9)6(2)10/h4-7H,3,10H2,1-2H3. The van der Waals surface area contributed by atoms with Crippen LogP contribution in [0.3, 0.4) is 0 Å². The molecule has 0 spiro atoms. The molecule has 0 radical (unpaired) electrons. The molecule has 1 aromatic rings. The van der Waals surface area contributed by atoms with Crippen LogP contribution in [0.1, 0.15) is 42.1 Å². The molecule has 3 atom stereocenters. The van der Waals surface area contributed by atoms with E-state index < -0.39 is 0 Å². The fourth-order valence-electron chi connectivity index (χ4n) is 1.35. The van der Waals surface area contributed by atoms with Crippen molar-refractivity contribution in [2.45, 2.75) is 32.2 Å². The van der Waals surface area contributed by atoms with E-state index in [2.05, 4.69) is 11.9 Å². The second kappa shape index (κ2) is 2.82. The van der Waals surface area contributed by atoms with Gasteiger partial charge in [-0.25, -0.2) is 4.98 Å². The van der Waals surface area contributed by atoms with Gasteiger partial charge in [0, 0.05) is 23.0 Å². The van der Waals surface area contributed by atoms with Crippen molar-refractivity contribution in [3.63, 3.8) is 0 Å². The molecule has 2 nitrogen and oxygen atoms in total. The monoisotopic (exact) mass is 182 g/mol. The second-order valence-electron chi connectivity index (χ2n) is 3.71. The van der Waals surface area contributed by atoms with Gasteiger partial charge in [0.05, 0.1) is 5.01 Å². The molecule has 1 saturated carbocycles. The van der Waals surface area contributed by atoms with E-state index in [0.29, 0.717) is 0 Å². The normalized spacial score (nSPS) is 30.2. The predicted octanol–water partition coefficient (Wildman–Crippen LogP) is 2.29. The van der Waals surface area contributed by atoms with Gasteiger partial charge >= 0.3 is 0 Å². The van der Waals surface area contributed by atoms with Crippen LogP contribution in [0.2, 0.25) is 0 Å². The van der Waals surface area contributed by atoms with E-state index in [4.69, 9.17) is 5.73 Å². The second-order valence-corrected chi connectivity index (χ2v) is 4.80. The lowest BCUT2D eigenvalue weighted by Gasteiger charge is -1.96. The van der Waals surface area contributed by atoms with Crippen molar-refractivity contribution in [1.82, 2.24) is 4.98 Å². The van der Waals surface area contributed by atoms with Crippen molar-refractivity contribution < 1.29 is 0 Å². The molecule has 0 aromatic carbocycles. The highest BCUT2D eigenvalue weighted by atomic mass is 32.1. The van der Waals surface area contributed by atoms with Crippen LogP contribution in [0.5, 0.6) is 0 Å². The van der Waals surface area contributed by atoms with Crippen molar-refractivity contribution in [1.29, 1.82) is 0 Å². The summed E-state index contributed by atoms with van der Waals surface area (Å²) in [5.74, 6) is 1.58. The summed E-state index contributed by atoms with van der Waals surface area (Å²) in [6.07, 6.45) is 3.24. The molecule has 2 rings (SSSR count). The van der Waals surface area contributed by atoms with E-state index in [1.165, 1.54) is 16.3 Å². The smallest absolute Gasteiger partial charge is 0.0961 e. The summed E-state index contributed by atoms with van der Waals surface area (Å²) in [6, 6.07) is 0.144. The van der Waals surface area contributed by atoms with Crippen LogP contribution < -0.4 is 5.73 Å². The molecule has 1 heterocycles. The molecule has 1 fully saturated rings. The van der Waals surface area contributed by atoms with Gasteiger partial charge < -0.3 is 5.73 Å². The molecular weight excluding hydrogens is 168 g/mol. The minimum atomic E-state index is 0.144. The maximum atomic E-state index is 5.75. The molecule has 2 N–H and O–H groups in total. The van der Waals surface area contributed by atoms with Crippen LogP contribution in [-0.4, -0.2) is 4.98 Å². The Hall–Kier alpha value is -0.410. The Kier molecular flexibility index (Phi) is 1.93. The Morgan fingerprint density at radius 2 is 2.42 bits per heavy atom. The van der Waals surface area contributed by atoms with E-state index >= 15 is 0 Å². The van der Waals surface area contributed by atoms with Gasteiger partial charge in [0.15, 0.2) is 0 Å². The third-order valence-corrected chi connectivity index (χ3v) is 3.75. The minimum absolute atomic E-state index is 0.144. The Balaban J connectivity index is 2.14. The van der Waals surface area contributed by atoms with Crippen LogP contribution >= 0.6 is 11.3 Å². The van der Waals surface area contributed by atoms with Gasteiger partial charge in [-0.2, -0.15) is 0 Å². The topological polar surface area (TPSA) is 38.9 Å². The Morgan fingerprint density at radius 3 is 2.83 bits per heavy atom. The van der Waals surface area contributed by atoms with E-state index in [0.717, 1.165) is 11.8 Å². The maximum Gasteiger partial charge on any atom is 0.0961 e. The Bertz CT molecular complexity index is 280. The number of hydrogen-bond donors (Lipinski definition) is 1. The van der Waals surface area contributed by atoms with Crippen molar-refractivity contribution in [3.05, 3.63) is 16.1 Å². The van der Waals surface area contributed by atoms with Crippen molar-refractivity contribution in [2.75, 3.05) is 0 Å². The third kappa shape index (κ3) is 1.39. The summed E-state index contributed by atoms with van der Waals surface area (Å²) in [6.45, 7) is 4.28. The summed E-state index contributed by atoms with van der Waals surface area (Å²) >= 11 is 1.78. The first-order valence-electron chi connectivity index (χ1n) is 4.39. The average molecular weight is 182 g/mol. The molecule has 0 aliphatic heterocycles. The SMILES string of the molecule is CC(N)c1cnc(C2CC2C)s1. The number of thiazole rings is 1. The number of nitrogens with two attached hydrogens (primary N) is 1. The zero-order valence-electron chi connectivity index (χ0n) is 7.45. The highest BCUT2D eigenvalue weighted by molar-refractivity contribution is 7.11. The van der Waals surface area contributed by atoms with Gasteiger partial charge in [-0.05, 0) is 19.3 Å². The largest absolute Gasteiger partial charge is 0.323 e. The molecule has 1 aliphatic rings. The molecule has 0 bridgehead atoms. The predicted molar refractivity (Wildman–Crippen MR) is 51.2 cm³/mol. The number of hydrogen-bond acceptors (Lipinski definition) is 3. The highest BCUT2D eigenvalue weighted by Crippen LogP contribution is 2.48. The summed E-state index contributed by atoms with van der Waals surface area (Å²) in [4.78, 5) is 5.60. The van der Waals surface area contributed by atoms with Crippen LogP contribution in [0.4, 0.5) is 0 Å². The molecule has 1 aromatic heterocycles. The Labute approximate surface area is 76.8 Å². The molecule has 12 heavy (non-hydrogen) atoms. The lowest BCUT2D eigenvalue weighted by atomic mass is 10.3. The van der Waals surface area contributed by atoms with Crippen LogP contribution in [0.15, 0.2) is 6.20 Å². The van der Waals surface area contributed by atoms with Crippen molar-refractivity contribution in [3.8, 4) is 0 Å². The zero-order chi connectivity index (χ0) is 8.72. The molecule has 1 aliphatic carbocycles. The Morgan fingerprint density at radius 1 is 1.75 bits per heavy atom. The van der Waals surface area contributed by atoms with Crippen LogP contribution in [0, 0.1) is 5.92 Å². The van der Waals surface area contributed by atoms with Gasteiger partial charge in [-0.3, -0.25) is 0 Å². The fourth-order valence-corrected chi connectivity index (χ4v) is 2.47. The highest BCUT2D eigenvalue weighted by Gasteiger charge is 2.36. The molecule has 0 amide bonds. The lowest BCUT2D eigenvalue weighted by molar-refractivity contribution is 0.834. The number of rotatable bonds is 2. The van der Waals surface area contributed by atoms with Gasteiger partial charge in [-0.15, -0.1) is 11.3 Å². The van der Waals surface area contributed by atoms with Gasteiger partial charge in [-0.1, -0.05) is 6.92 Å². The molecule has 0 saturated heterocycles. The summed E-state index contributed by atoms with van der Waals surface area (Å²) in [7, 11) is 0. The van der Waals surface area contributed by atoms with Gasteiger partial charge in [0.1, 0.15) is 0 Å². The minimum Gasteiger partial charge on any atom is -0.323 e. The van der Waals surface area contributed by atoms with E-state index in [-0.39, 0.29) is 6.04 Å². The third-order valence-electron chi connectivity index (χ3n) is 2.42. The number of aromatic nitrogens is 1. The summed E-state index contributed by atoms with van der Waals surface area (Å²) in [5.41, 5.74) is 5.75. The van der Waals surface area contributed by atoms with E-state index in [1.54, 1.807) is 11.3 Å². The zero-order valence-corrected chi connectivity index (χ0v) is 8.27. The van der Waals surface area contributed by atoms with Crippen molar-refractivity contribution >= 4 is 11.3 Å². The van der Waals surface area contributed by atoms with Crippen LogP contribution in [0.25, 0.3) is 0 Å². The summed E-state index contributed by atoms with van der Waals surface area (Å²) in [5, 5.41) is 1.29. The van der Waals surface area contributed by atoms with E-state index in [1.807, 2.05) is 13.1 Å². The van der Waals surface area contributed by atoms with E-state index in [9.17, 15) is 0 Å². The maximum absolute atomic E-state index is 5.75. The molecule has 3 heteroatoms. The average Bonchev–Trinajstić information content (AvgIpc) is 2.59. The van der Waals surface area contributed by atoms with Gasteiger partial charge in [0.25, 0.3) is 0 Å². The molecule has 3 unspecified atom stereocenters. The van der Waals surface area contributed by atoms with Gasteiger partial charge in [0.2, 0.25) is 0 Å². The fraction of sp³-hybridized carbons (Fsp3) is 0.667. The molecular formula is C9H14N2S. The first kappa shape index (κ1) is 8.20. The number of nitrogens with zero attached hydrogens (tertiary/aromatic N) is 1. The van der Waals surface area contributed by atoms with Crippen LogP contribution in [-0.2, 0) is 0 Å². The quantitative estimate of drug-likeness (QED) is 0.762. The summed E-state index contributed by atoms with van der Waals surface area (Å²) < 4.78 is 0. The molecule has 66 valence electrons. The first-order chi connectivity index (χ1) is 5.68. The van der Waals surface area contributed by atoms with Crippen molar-refractivity contribution in [2.24, 2.45) is 11.7 Å². The lowest BCUT2D eigenvalue weighted by Crippen LogP contribution is -2.01. The first-order valence-corrected chi connectivity index (χ1v) is 5.21.